The first kappa shape index (κ1) is 18.3. The van der Waals surface area contributed by atoms with Gasteiger partial charge in [0.25, 0.3) is 5.91 Å². The summed E-state index contributed by atoms with van der Waals surface area (Å²) >= 11 is 6.01. The SMILES string of the molecule is CC(C)CN(CCC(=O)O)C(=O)C(C)Oc1ccccc1Cl. The quantitative estimate of drug-likeness (QED) is 0.796. The van der Waals surface area contributed by atoms with Crippen LogP contribution in [0, 0.1) is 5.92 Å². The molecular weight excluding hydrogens is 306 g/mol. The Morgan fingerprint density at radius 3 is 2.45 bits per heavy atom. The Balaban J connectivity index is 2.74. The number of rotatable bonds is 8. The first-order valence-corrected chi connectivity index (χ1v) is 7.60. The lowest BCUT2D eigenvalue weighted by atomic mass is 10.2. The molecule has 0 aromatic heterocycles. The van der Waals surface area contributed by atoms with Crippen molar-refractivity contribution in [2.75, 3.05) is 13.1 Å². The van der Waals surface area contributed by atoms with Crippen LogP contribution in [0.25, 0.3) is 0 Å². The summed E-state index contributed by atoms with van der Waals surface area (Å²) in [4.78, 5) is 24.7. The molecule has 1 unspecified atom stereocenters. The molecule has 6 heteroatoms. The minimum Gasteiger partial charge on any atom is -0.481 e. The first-order chi connectivity index (χ1) is 10.3. The molecule has 0 aliphatic carbocycles. The van der Waals surface area contributed by atoms with Gasteiger partial charge in [-0.3, -0.25) is 9.59 Å². The number of benzene rings is 1. The van der Waals surface area contributed by atoms with Crippen LogP contribution >= 0.6 is 11.6 Å². The van der Waals surface area contributed by atoms with Crippen molar-refractivity contribution in [1.82, 2.24) is 4.90 Å². The fourth-order valence-corrected chi connectivity index (χ4v) is 2.18. The number of aliphatic carboxylic acids is 1. The topological polar surface area (TPSA) is 66.8 Å². The average molecular weight is 328 g/mol. The number of carboxylic acid groups (broad SMARTS) is 1. The predicted molar refractivity (Wildman–Crippen MR) is 85.2 cm³/mol. The fraction of sp³-hybridized carbons (Fsp3) is 0.500. The summed E-state index contributed by atoms with van der Waals surface area (Å²) < 4.78 is 5.61. The lowest BCUT2D eigenvalue weighted by Crippen LogP contribution is -2.43. The van der Waals surface area contributed by atoms with Crippen LogP contribution in [0.4, 0.5) is 0 Å². The van der Waals surface area contributed by atoms with Crippen molar-refractivity contribution in [3.8, 4) is 5.75 Å². The highest BCUT2D eigenvalue weighted by molar-refractivity contribution is 6.32. The second-order valence-electron chi connectivity index (χ2n) is 5.51. The van der Waals surface area contributed by atoms with Gasteiger partial charge in [-0.25, -0.2) is 0 Å². The molecule has 122 valence electrons. The summed E-state index contributed by atoms with van der Waals surface area (Å²) in [6.07, 6.45) is -0.815. The van der Waals surface area contributed by atoms with Crippen molar-refractivity contribution in [2.24, 2.45) is 5.92 Å². The van der Waals surface area contributed by atoms with E-state index in [2.05, 4.69) is 0 Å². The monoisotopic (exact) mass is 327 g/mol. The van der Waals surface area contributed by atoms with Gasteiger partial charge >= 0.3 is 5.97 Å². The molecule has 1 N–H and O–H groups in total. The van der Waals surface area contributed by atoms with Gasteiger partial charge in [0.15, 0.2) is 6.10 Å². The predicted octanol–water partition coefficient (Wildman–Crippen LogP) is 3.07. The standard InChI is InChI=1S/C16H22ClNO4/c1-11(2)10-18(9-8-15(19)20)16(21)12(3)22-14-7-5-4-6-13(14)17/h4-7,11-12H,8-10H2,1-3H3,(H,19,20). The van der Waals surface area contributed by atoms with E-state index < -0.39 is 12.1 Å². The summed E-state index contributed by atoms with van der Waals surface area (Å²) in [5.74, 6) is -0.492. The number of halogens is 1. The van der Waals surface area contributed by atoms with Gasteiger partial charge in [0.1, 0.15) is 5.75 Å². The molecule has 0 saturated heterocycles. The molecular formula is C16H22ClNO4. The largest absolute Gasteiger partial charge is 0.481 e. The van der Waals surface area contributed by atoms with Crippen molar-refractivity contribution in [1.29, 1.82) is 0 Å². The molecule has 22 heavy (non-hydrogen) atoms. The smallest absolute Gasteiger partial charge is 0.305 e. The second-order valence-corrected chi connectivity index (χ2v) is 5.92. The lowest BCUT2D eigenvalue weighted by molar-refractivity contribution is -0.141. The van der Waals surface area contributed by atoms with E-state index in [-0.39, 0.29) is 24.8 Å². The van der Waals surface area contributed by atoms with Crippen molar-refractivity contribution in [2.45, 2.75) is 33.3 Å². The maximum Gasteiger partial charge on any atom is 0.305 e. The van der Waals surface area contributed by atoms with Crippen LogP contribution in [-0.4, -0.2) is 41.1 Å². The molecule has 1 aromatic rings. The maximum atomic E-state index is 12.5. The van der Waals surface area contributed by atoms with E-state index in [0.717, 1.165) is 0 Å². The van der Waals surface area contributed by atoms with Gasteiger partial charge in [0.05, 0.1) is 11.4 Å². The third kappa shape index (κ3) is 5.93. The highest BCUT2D eigenvalue weighted by Crippen LogP contribution is 2.24. The molecule has 1 atom stereocenters. The molecule has 0 aliphatic rings. The molecule has 0 heterocycles. The van der Waals surface area contributed by atoms with Crippen LogP contribution in [0.3, 0.4) is 0 Å². The molecule has 1 aromatic carbocycles. The summed E-state index contributed by atoms with van der Waals surface area (Å²) in [7, 11) is 0. The van der Waals surface area contributed by atoms with Crippen molar-refractivity contribution in [3.63, 3.8) is 0 Å². The minimum absolute atomic E-state index is 0.0860. The van der Waals surface area contributed by atoms with Gasteiger partial charge in [-0.2, -0.15) is 0 Å². The Kier molecular flexibility index (Phi) is 7.18. The highest BCUT2D eigenvalue weighted by Gasteiger charge is 2.23. The fourth-order valence-electron chi connectivity index (χ4n) is 2.00. The van der Waals surface area contributed by atoms with E-state index in [9.17, 15) is 9.59 Å². The number of carboxylic acids is 1. The van der Waals surface area contributed by atoms with E-state index in [1.807, 2.05) is 13.8 Å². The molecule has 5 nitrogen and oxygen atoms in total. The third-order valence-corrected chi connectivity index (χ3v) is 3.29. The van der Waals surface area contributed by atoms with Crippen LogP contribution < -0.4 is 4.74 Å². The molecule has 0 radical (unpaired) electrons. The summed E-state index contributed by atoms with van der Waals surface area (Å²) in [6, 6.07) is 6.93. The van der Waals surface area contributed by atoms with Crippen LogP contribution in [-0.2, 0) is 9.59 Å². The number of ether oxygens (including phenoxy) is 1. The maximum absolute atomic E-state index is 12.5. The summed E-state index contributed by atoms with van der Waals surface area (Å²) in [6.45, 7) is 6.24. The van der Waals surface area contributed by atoms with Crippen molar-refractivity contribution < 1.29 is 19.4 Å². The first-order valence-electron chi connectivity index (χ1n) is 7.23. The Hall–Kier alpha value is -1.75. The third-order valence-electron chi connectivity index (χ3n) is 2.98. The van der Waals surface area contributed by atoms with Gasteiger partial charge in [-0.05, 0) is 25.0 Å². The highest BCUT2D eigenvalue weighted by atomic mass is 35.5. The van der Waals surface area contributed by atoms with E-state index in [1.54, 1.807) is 31.2 Å². The molecule has 1 amide bonds. The van der Waals surface area contributed by atoms with E-state index in [1.165, 1.54) is 4.90 Å². The molecule has 0 fully saturated rings. The number of carbonyl (C=O) groups excluding carboxylic acids is 1. The van der Waals surface area contributed by atoms with E-state index in [4.69, 9.17) is 21.4 Å². The Labute approximate surface area is 135 Å². The van der Waals surface area contributed by atoms with Crippen LogP contribution in [0.15, 0.2) is 24.3 Å². The molecule has 0 spiro atoms. The number of amides is 1. The van der Waals surface area contributed by atoms with Gasteiger partial charge in [-0.1, -0.05) is 37.6 Å². The molecule has 0 aliphatic heterocycles. The number of nitrogens with zero attached hydrogens (tertiary/aromatic N) is 1. The zero-order valence-electron chi connectivity index (χ0n) is 13.1. The van der Waals surface area contributed by atoms with Gasteiger partial charge in [-0.15, -0.1) is 0 Å². The second kappa shape index (κ2) is 8.63. The lowest BCUT2D eigenvalue weighted by Gasteiger charge is -2.27. The Morgan fingerprint density at radius 2 is 1.91 bits per heavy atom. The summed E-state index contributed by atoms with van der Waals surface area (Å²) in [5.41, 5.74) is 0. The van der Waals surface area contributed by atoms with Gasteiger partial charge in [0.2, 0.25) is 0 Å². The number of hydrogen-bond donors (Lipinski definition) is 1. The number of carbonyl (C=O) groups is 2. The molecule has 1 rings (SSSR count). The van der Waals surface area contributed by atoms with E-state index >= 15 is 0 Å². The average Bonchev–Trinajstić information content (AvgIpc) is 2.44. The Bertz CT molecular complexity index is 519. The molecule has 0 saturated carbocycles. The van der Waals surface area contributed by atoms with E-state index in [0.29, 0.717) is 17.3 Å². The van der Waals surface area contributed by atoms with Crippen molar-refractivity contribution in [3.05, 3.63) is 29.3 Å². The molecule has 0 bridgehead atoms. The van der Waals surface area contributed by atoms with Crippen LogP contribution in [0.2, 0.25) is 5.02 Å². The number of para-hydroxylation sites is 1. The van der Waals surface area contributed by atoms with Gasteiger partial charge < -0.3 is 14.7 Å². The zero-order valence-corrected chi connectivity index (χ0v) is 13.8. The normalized spacial score (nSPS) is 12.0. The Morgan fingerprint density at radius 1 is 1.27 bits per heavy atom. The van der Waals surface area contributed by atoms with Gasteiger partial charge in [0, 0.05) is 13.1 Å². The summed E-state index contributed by atoms with van der Waals surface area (Å²) in [5, 5.41) is 9.24. The van der Waals surface area contributed by atoms with Crippen LogP contribution in [0.1, 0.15) is 27.2 Å². The van der Waals surface area contributed by atoms with Crippen molar-refractivity contribution >= 4 is 23.5 Å². The number of hydrogen-bond acceptors (Lipinski definition) is 3. The van der Waals surface area contributed by atoms with Crippen LogP contribution in [0.5, 0.6) is 5.75 Å². The zero-order chi connectivity index (χ0) is 16.7. The minimum atomic E-state index is -0.929.